The SMILES string of the molecule is CCCCCC[C@H]1C[C@H](Cc2c(C)[nH]c3ccccc23)C(=O)O1. The van der Waals surface area contributed by atoms with Crippen LogP contribution in [0, 0.1) is 12.8 Å². The maximum Gasteiger partial charge on any atom is 0.309 e. The van der Waals surface area contributed by atoms with Crippen LogP contribution in [0.5, 0.6) is 0 Å². The van der Waals surface area contributed by atoms with Crippen LogP contribution in [-0.2, 0) is 16.0 Å². The molecule has 23 heavy (non-hydrogen) atoms. The summed E-state index contributed by atoms with van der Waals surface area (Å²) >= 11 is 0. The van der Waals surface area contributed by atoms with Crippen LogP contribution >= 0.6 is 0 Å². The van der Waals surface area contributed by atoms with E-state index in [1.54, 1.807) is 0 Å². The van der Waals surface area contributed by atoms with Gasteiger partial charge in [-0.25, -0.2) is 0 Å². The Bertz CT molecular complexity index is 673. The highest BCUT2D eigenvalue weighted by molar-refractivity contribution is 5.85. The van der Waals surface area contributed by atoms with Crippen LogP contribution in [0.2, 0.25) is 0 Å². The summed E-state index contributed by atoms with van der Waals surface area (Å²) in [5, 5.41) is 1.24. The van der Waals surface area contributed by atoms with E-state index in [1.807, 2.05) is 6.07 Å². The highest BCUT2D eigenvalue weighted by Gasteiger charge is 2.34. The number of para-hydroxylation sites is 1. The number of nitrogens with one attached hydrogen (secondary N) is 1. The van der Waals surface area contributed by atoms with Gasteiger partial charge in [0.25, 0.3) is 0 Å². The van der Waals surface area contributed by atoms with Gasteiger partial charge in [-0.2, -0.15) is 0 Å². The molecule has 1 N–H and O–H groups in total. The van der Waals surface area contributed by atoms with Crippen LogP contribution in [0.4, 0.5) is 0 Å². The van der Waals surface area contributed by atoms with Crippen molar-refractivity contribution >= 4 is 16.9 Å². The van der Waals surface area contributed by atoms with Gasteiger partial charge in [-0.05, 0) is 44.2 Å². The molecule has 1 saturated heterocycles. The van der Waals surface area contributed by atoms with E-state index in [2.05, 4.69) is 37.0 Å². The van der Waals surface area contributed by atoms with E-state index in [0.29, 0.717) is 0 Å². The largest absolute Gasteiger partial charge is 0.462 e. The summed E-state index contributed by atoms with van der Waals surface area (Å²) in [5.74, 6) is 0.0132. The molecule has 124 valence electrons. The first-order chi connectivity index (χ1) is 11.2. The second-order valence-electron chi connectivity index (χ2n) is 6.82. The van der Waals surface area contributed by atoms with Gasteiger partial charge in [-0.1, -0.05) is 44.4 Å². The predicted octanol–water partition coefficient (Wildman–Crippen LogP) is 4.92. The number of aryl methyl sites for hydroxylation is 1. The van der Waals surface area contributed by atoms with Gasteiger partial charge in [0.15, 0.2) is 0 Å². The molecule has 3 rings (SSSR count). The van der Waals surface area contributed by atoms with Gasteiger partial charge < -0.3 is 9.72 Å². The topological polar surface area (TPSA) is 42.1 Å². The summed E-state index contributed by atoms with van der Waals surface area (Å²) in [6.07, 6.45) is 7.77. The smallest absolute Gasteiger partial charge is 0.309 e. The third kappa shape index (κ3) is 3.60. The van der Waals surface area contributed by atoms with Crippen LogP contribution < -0.4 is 0 Å². The van der Waals surface area contributed by atoms with Gasteiger partial charge in [0.2, 0.25) is 0 Å². The van der Waals surface area contributed by atoms with Crippen molar-refractivity contribution in [3.63, 3.8) is 0 Å². The molecule has 0 amide bonds. The Labute approximate surface area is 138 Å². The van der Waals surface area contributed by atoms with Gasteiger partial charge in [-0.3, -0.25) is 4.79 Å². The molecule has 2 atom stereocenters. The zero-order chi connectivity index (χ0) is 16.2. The molecule has 1 fully saturated rings. The fourth-order valence-corrected chi connectivity index (χ4v) is 3.71. The Balaban J connectivity index is 1.63. The number of aromatic nitrogens is 1. The maximum absolute atomic E-state index is 12.2. The molecule has 3 nitrogen and oxygen atoms in total. The Kier molecular flexibility index (Phi) is 5.04. The minimum atomic E-state index is -0.00447. The third-order valence-corrected chi connectivity index (χ3v) is 5.02. The molecule has 3 heteroatoms. The molecule has 2 aromatic rings. The average molecular weight is 313 g/mol. The molecule has 0 aliphatic carbocycles. The van der Waals surface area contributed by atoms with Crippen molar-refractivity contribution in [1.82, 2.24) is 4.98 Å². The van der Waals surface area contributed by atoms with E-state index >= 15 is 0 Å². The summed E-state index contributed by atoms with van der Waals surface area (Å²) in [7, 11) is 0. The van der Waals surface area contributed by atoms with Crippen LogP contribution in [-0.4, -0.2) is 17.1 Å². The fraction of sp³-hybridized carbons (Fsp3) is 0.550. The van der Waals surface area contributed by atoms with Gasteiger partial charge in [0, 0.05) is 16.6 Å². The van der Waals surface area contributed by atoms with Crippen molar-refractivity contribution < 1.29 is 9.53 Å². The van der Waals surface area contributed by atoms with Crippen molar-refractivity contribution in [3.8, 4) is 0 Å². The summed E-state index contributed by atoms with van der Waals surface area (Å²) in [6.45, 7) is 4.31. The van der Waals surface area contributed by atoms with Crippen molar-refractivity contribution in [1.29, 1.82) is 0 Å². The van der Waals surface area contributed by atoms with Crippen LogP contribution in [0.3, 0.4) is 0 Å². The Morgan fingerprint density at radius 3 is 2.87 bits per heavy atom. The van der Waals surface area contributed by atoms with E-state index in [1.165, 1.54) is 42.3 Å². The Hall–Kier alpha value is -1.77. The monoisotopic (exact) mass is 313 g/mol. The molecular formula is C20H27NO2. The maximum atomic E-state index is 12.2. The van der Waals surface area contributed by atoms with E-state index < -0.39 is 0 Å². The number of carbonyl (C=O) groups excluding carboxylic acids is 1. The number of cyclic esters (lactones) is 1. The van der Waals surface area contributed by atoms with Gasteiger partial charge >= 0.3 is 5.97 Å². The van der Waals surface area contributed by atoms with Gasteiger partial charge in [0.05, 0.1) is 5.92 Å². The molecule has 0 bridgehead atoms. The lowest BCUT2D eigenvalue weighted by molar-refractivity contribution is -0.144. The summed E-state index contributed by atoms with van der Waals surface area (Å²) in [4.78, 5) is 15.6. The normalized spacial score (nSPS) is 21.0. The van der Waals surface area contributed by atoms with E-state index in [-0.39, 0.29) is 18.0 Å². The number of aromatic amines is 1. The average Bonchev–Trinajstić information content (AvgIpc) is 3.05. The number of ether oxygens (including phenoxy) is 1. The molecule has 2 heterocycles. The zero-order valence-electron chi connectivity index (χ0n) is 14.2. The quantitative estimate of drug-likeness (QED) is 0.582. The minimum Gasteiger partial charge on any atom is -0.462 e. The zero-order valence-corrected chi connectivity index (χ0v) is 14.2. The first-order valence-corrected chi connectivity index (χ1v) is 8.95. The Morgan fingerprint density at radius 1 is 1.22 bits per heavy atom. The van der Waals surface area contributed by atoms with E-state index in [9.17, 15) is 4.79 Å². The van der Waals surface area contributed by atoms with Crippen LogP contribution in [0.15, 0.2) is 24.3 Å². The summed E-state index contributed by atoms with van der Waals surface area (Å²) < 4.78 is 5.61. The number of rotatable bonds is 7. The van der Waals surface area contributed by atoms with Crippen LogP contribution in [0.25, 0.3) is 10.9 Å². The standard InChI is InChI=1S/C20H27NO2/c1-3-4-5-6-9-16-12-15(20(22)23-16)13-18-14(2)21-19-11-8-7-10-17(18)19/h7-8,10-11,15-16,21H,3-6,9,12-13H2,1-2H3/t15-,16+/m1/s1. The lowest BCUT2D eigenvalue weighted by Gasteiger charge is -2.08. The number of fused-ring (bicyclic) bond motifs is 1. The minimum absolute atomic E-state index is 0.00447. The molecule has 0 saturated carbocycles. The highest BCUT2D eigenvalue weighted by Crippen LogP contribution is 2.31. The lowest BCUT2D eigenvalue weighted by Crippen LogP contribution is -2.11. The molecule has 0 unspecified atom stereocenters. The van der Waals surface area contributed by atoms with Crippen molar-refractivity contribution in [2.24, 2.45) is 5.92 Å². The molecule has 1 aliphatic rings. The molecule has 0 spiro atoms. The summed E-state index contributed by atoms with van der Waals surface area (Å²) in [5.41, 5.74) is 3.60. The molecule has 1 aliphatic heterocycles. The third-order valence-electron chi connectivity index (χ3n) is 5.02. The number of benzene rings is 1. The number of unbranched alkanes of at least 4 members (excludes halogenated alkanes) is 3. The van der Waals surface area contributed by atoms with E-state index in [0.717, 1.165) is 24.8 Å². The predicted molar refractivity (Wildman–Crippen MR) is 93.5 cm³/mol. The Morgan fingerprint density at radius 2 is 2.04 bits per heavy atom. The van der Waals surface area contributed by atoms with Gasteiger partial charge in [0.1, 0.15) is 6.10 Å². The first-order valence-electron chi connectivity index (χ1n) is 8.95. The molecule has 1 aromatic carbocycles. The lowest BCUT2D eigenvalue weighted by atomic mass is 9.93. The van der Waals surface area contributed by atoms with Crippen molar-refractivity contribution in [3.05, 3.63) is 35.5 Å². The number of esters is 1. The van der Waals surface area contributed by atoms with Crippen molar-refractivity contribution in [2.45, 2.75) is 64.9 Å². The van der Waals surface area contributed by atoms with Crippen molar-refractivity contribution in [2.75, 3.05) is 0 Å². The van der Waals surface area contributed by atoms with E-state index in [4.69, 9.17) is 4.74 Å². The first kappa shape index (κ1) is 16.1. The number of hydrogen-bond acceptors (Lipinski definition) is 2. The number of H-pyrrole nitrogens is 1. The van der Waals surface area contributed by atoms with Gasteiger partial charge in [-0.15, -0.1) is 0 Å². The highest BCUT2D eigenvalue weighted by atomic mass is 16.5. The second kappa shape index (κ2) is 7.20. The molecular weight excluding hydrogens is 286 g/mol. The molecule has 0 radical (unpaired) electrons. The second-order valence-corrected chi connectivity index (χ2v) is 6.82. The molecule has 1 aromatic heterocycles. The van der Waals surface area contributed by atoms with Crippen LogP contribution in [0.1, 0.15) is 56.7 Å². The summed E-state index contributed by atoms with van der Waals surface area (Å²) in [6, 6.07) is 8.33. The number of carbonyl (C=O) groups is 1. The number of hydrogen-bond donors (Lipinski definition) is 1. The fourth-order valence-electron chi connectivity index (χ4n) is 3.71.